The van der Waals surface area contributed by atoms with Crippen molar-refractivity contribution in [2.24, 2.45) is 0 Å². The van der Waals surface area contributed by atoms with E-state index in [-0.39, 0.29) is 35.9 Å². The first kappa shape index (κ1) is 15.3. The fourth-order valence-corrected chi connectivity index (χ4v) is 2.66. The largest absolute Gasteiger partial charge is 1.00 e. The molecule has 0 radical (unpaired) electrons. The van der Waals surface area contributed by atoms with Crippen molar-refractivity contribution in [2.75, 3.05) is 6.61 Å². The van der Waals surface area contributed by atoms with Crippen molar-refractivity contribution in [3.63, 3.8) is 0 Å². The predicted molar refractivity (Wildman–Crippen MR) is 64.3 cm³/mol. The van der Waals surface area contributed by atoms with E-state index in [0.717, 1.165) is 5.39 Å². The molecule has 2 aromatic rings. The first-order chi connectivity index (χ1) is 8.15. The predicted octanol–water partition coefficient (Wildman–Crippen LogP) is -1.14. The minimum absolute atomic E-state index is 0. The molecule has 0 aromatic heterocycles. The van der Waals surface area contributed by atoms with E-state index < -0.39 is 16.7 Å². The maximum absolute atomic E-state index is 11.8. The van der Waals surface area contributed by atoms with Crippen LogP contribution in [0.1, 0.15) is 1.43 Å². The molecule has 6 heteroatoms. The summed E-state index contributed by atoms with van der Waals surface area (Å²) in [6, 6.07) is 12.0. The zero-order valence-corrected chi connectivity index (χ0v) is 12.7. The van der Waals surface area contributed by atoms with Crippen molar-refractivity contribution in [1.29, 1.82) is 0 Å². The van der Waals surface area contributed by atoms with Gasteiger partial charge in [-0.3, -0.25) is 4.18 Å². The minimum atomic E-state index is -3.88. The van der Waals surface area contributed by atoms with Crippen LogP contribution in [-0.4, -0.2) is 21.3 Å². The van der Waals surface area contributed by atoms with Gasteiger partial charge in [0.1, 0.15) is 17.8 Å². The molecule has 0 aliphatic rings. The number of carbonyl (C=O) groups is 1. The van der Waals surface area contributed by atoms with Crippen LogP contribution in [0.15, 0.2) is 47.4 Å². The van der Waals surface area contributed by atoms with Gasteiger partial charge in [-0.05, 0) is 11.5 Å². The van der Waals surface area contributed by atoms with E-state index in [1.807, 2.05) is 18.2 Å². The Morgan fingerprint density at radius 3 is 2.50 bits per heavy atom. The van der Waals surface area contributed by atoms with Gasteiger partial charge in [0, 0.05) is 5.39 Å². The van der Waals surface area contributed by atoms with Crippen molar-refractivity contribution >= 4 is 27.2 Å². The molecule has 0 aliphatic heterocycles. The van der Waals surface area contributed by atoms with Gasteiger partial charge < -0.3 is 6.22 Å². The van der Waals surface area contributed by atoms with Gasteiger partial charge in [0.25, 0.3) is 10.1 Å². The number of rotatable bonds is 4. The van der Waals surface area contributed by atoms with E-state index >= 15 is 0 Å². The van der Waals surface area contributed by atoms with Crippen LogP contribution in [0.4, 0.5) is 0 Å². The monoisotopic (exact) mass is 274 g/mol. The van der Waals surface area contributed by atoms with Crippen molar-refractivity contribution in [3.05, 3.63) is 42.5 Å². The molecule has 18 heavy (non-hydrogen) atoms. The normalized spacial score (nSPS) is 10.9. The van der Waals surface area contributed by atoms with E-state index in [9.17, 15) is 13.2 Å². The molecule has 4 nitrogen and oxygen atoms in total. The smallest absolute Gasteiger partial charge is 1.00 e. The third kappa shape index (κ3) is 3.18. The standard InChI is InChI=1S/C12H10O4S.Na.H/c13-8-9-16-17(14,15)12-7-3-5-10-4-1-2-6-11(10)12;;/h1-8H,9H2;;/q;+1;-1. The fourth-order valence-electron chi connectivity index (χ4n) is 1.59. The van der Waals surface area contributed by atoms with Crippen LogP contribution in [0.2, 0.25) is 0 Å². The summed E-state index contributed by atoms with van der Waals surface area (Å²) in [6.07, 6.45) is 0.405. The van der Waals surface area contributed by atoms with Crippen LogP contribution in [0.3, 0.4) is 0 Å². The van der Waals surface area contributed by atoms with E-state index in [4.69, 9.17) is 0 Å². The van der Waals surface area contributed by atoms with Crippen molar-refractivity contribution in [1.82, 2.24) is 0 Å². The summed E-state index contributed by atoms with van der Waals surface area (Å²) < 4.78 is 28.2. The molecule has 0 aliphatic carbocycles. The SMILES string of the molecule is O=CCOS(=O)(=O)c1cccc2ccccc12.[H-].[Na+]. The van der Waals surface area contributed by atoms with E-state index in [0.29, 0.717) is 11.7 Å². The third-order valence-electron chi connectivity index (χ3n) is 2.31. The number of hydrogen-bond donors (Lipinski definition) is 0. The minimum Gasteiger partial charge on any atom is -1.00 e. The van der Waals surface area contributed by atoms with Crippen LogP contribution in [-0.2, 0) is 19.1 Å². The molecule has 0 spiro atoms. The molecule has 0 N–H and O–H groups in total. The maximum atomic E-state index is 11.8. The Labute approximate surface area is 129 Å². The van der Waals surface area contributed by atoms with Gasteiger partial charge >= 0.3 is 29.6 Å². The molecule has 2 aromatic carbocycles. The summed E-state index contributed by atoms with van der Waals surface area (Å²) in [5.41, 5.74) is 0. The summed E-state index contributed by atoms with van der Waals surface area (Å²) in [5, 5.41) is 1.39. The van der Waals surface area contributed by atoms with Gasteiger partial charge in [0.05, 0.1) is 0 Å². The van der Waals surface area contributed by atoms with Gasteiger partial charge in [-0.25, -0.2) is 0 Å². The van der Waals surface area contributed by atoms with Crippen LogP contribution < -0.4 is 29.6 Å². The number of aldehydes is 1. The van der Waals surface area contributed by atoms with E-state index in [1.165, 1.54) is 6.07 Å². The van der Waals surface area contributed by atoms with Gasteiger partial charge in [0.15, 0.2) is 0 Å². The zero-order chi connectivity index (χ0) is 12.3. The molecule has 0 fully saturated rings. The quantitative estimate of drug-likeness (QED) is 0.402. The van der Waals surface area contributed by atoms with Gasteiger partial charge in [-0.15, -0.1) is 0 Å². The van der Waals surface area contributed by atoms with E-state index in [2.05, 4.69) is 4.18 Å². The Kier molecular flexibility index (Phi) is 5.49. The molecule has 0 unspecified atom stereocenters. The molecule has 0 atom stereocenters. The van der Waals surface area contributed by atoms with Gasteiger partial charge in [-0.2, -0.15) is 8.42 Å². The molecule has 0 amide bonds. The Hall–Kier alpha value is -0.720. The van der Waals surface area contributed by atoms with Gasteiger partial charge in [-0.1, -0.05) is 36.4 Å². The topological polar surface area (TPSA) is 60.4 Å². The molecule has 0 heterocycles. The summed E-state index contributed by atoms with van der Waals surface area (Å²) in [4.78, 5) is 10.2. The number of fused-ring (bicyclic) bond motifs is 1. The van der Waals surface area contributed by atoms with Crippen LogP contribution >= 0.6 is 0 Å². The Morgan fingerprint density at radius 2 is 1.78 bits per heavy atom. The second kappa shape index (κ2) is 6.45. The van der Waals surface area contributed by atoms with Crippen molar-refractivity contribution in [3.8, 4) is 0 Å². The third-order valence-corrected chi connectivity index (χ3v) is 3.65. The summed E-state index contributed by atoms with van der Waals surface area (Å²) in [7, 11) is -3.88. The molecular weight excluding hydrogens is 263 g/mol. The van der Waals surface area contributed by atoms with Crippen LogP contribution in [0.5, 0.6) is 0 Å². The van der Waals surface area contributed by atoms with Crippen molar-refractivity contribution < 1.29 is 48.4 Å². The molecular formula is C12H11NaO4S. The molecule has 0 saturated carbocycles. The fraction of sp³-hybridized carbons (Fsp3) is 0.0833. The maximum Gasteiger partial charge on any atom is 1.00 e. The van der Waals surface area contributed by atoms with Crippen molar-refractivity contribution in [2.45, 2.75) is 4.90 Å². The first-order valence-electron chi connectivity index (χ1n) is 4.96. The average Bonchev–Trinajstić information content (AvgIpc) is 2.36. The average molecular weight is 274 g/mol. The zero-order valence-electron chi connectivity index (χ0n) is 10.9. The first-order valence-corrected chi connectivity index (χ1v) is 6.37. The summed E-state index contributed by atoms with van der Waals surface area (Å²) in [5.74, 6) is 0. The molecule has 2 rings (SSSR count). The Morgan fingerprint density at radius 1 is 1.11 bits per heavy atom. The van der Waals surface area contributed by atoms with Gasteiger partial charge in [0.2, 0.25) is 0 Å². The molecule has 0 saturated heterocycles. The second-order valence-electron chi connectivity index (χ2n) is 3.38. The summed E-state index contributed by atoms with van der Waals surface area (Å²) >= 11 is 0. The van der Waals surface area contributed by atoms with E-state index in [1.54, 1.807) is 18.2 Å². The molecule has 90 valence electrons. The van der Waals surface area contributed by atoms with Crippen LogP contribution in [0.25, 0.3) is 10.8 Å². The summed E-state index contributed by atoms with van der Waals surface area (Å²) in [6.45, 7) is -0.467. The number of hydrogen-bond acceptors (Lipinski definition) is 4. The van der Waals surface area contributed by atoms with Crippen LogP contribution in [0, 0.1) is 0 Å². The number of carbonyl (C=O) groups excluding carboxylic acids is 1. The second-order valence-corrected chi connectivity index (χ2v) is 4.97. The Balaban J connectivity index is 0.00000162. The number of benzene rings is 2. The Bertz CT molecular complexity index is 652. The molecule has 0 bridgehead atoms.